The first-order valence-electron chi connectivity index (χ1n) is 4.27. The molecule has 2 unspecified atom stereocenters. The number of aliphatic hydroxyl groups excluding tert-OH is 1. The molecule has 0 aromatic rings. The molecule has 0 aliphatic heterocycles. The van der Waals surface area contributed by atoms with Gasteiger partial charge in [0.05, 0.1) is 6.10 Å². The van der Waals surface area contributed by atoms with Crippen LogP contribution in [0.1, 0.15) is 20.3 Å². The normalized spacial score (nSPS) is 15.1. The first kappa shape index (κ1) is 12.6. The van der Waals surface area contributed by atoms with Gasteiger partial charge in [0.15, 0.2) is 0 Å². The number of ether oxygens (including phenoxy) is 1. The van der Waals surface area contributed by atoms with E-state index in [1.807, 2.05) is 0 Å². The Morgan fingerprint density at radius 1 is 1.43 bits per heavy atom. The number of hydrogen-bond acceptors (Lipinski definition) is 4. The van der Waals surface area contributed by atoms with Crippen molar-refractivity contribution in [1.82, 2.24) is 0 Å². The van der Waals surface area contributed by atoms with Crippen LogP contribution in [0.2, 0.25) is 0 Å². The second-order valence-corrected chi connectivity index (χ2v) is 2.80. The van der Waals surface area contributed by atoms with Crippen molar-refractivity contribution in [2.75, 3.05) is 0 Å². The smallest absolute Gasteiger partial charge is 0.331 e. The molecule has 0 saturated carbocycles. The first-order valence-corrected chi connectivity index (χ1v) is 4.27. The molecule has 80 valence electrons. The van der Waals surface area contributed by atoms with E-state index in [0.29, 0.717) is 12.5 Å². The molecule has 0 aliphatic rings. The average molecular weight is 202 g/mol. The van der Waals surface area contributed by atoms with E-state index in [2.05, 4.69) is 0 Å². The Kier molecular flexibility index (Phi) is 5.55. The van der Waals surface area contributed by atoms with E-state index in [0.717, 1.165) is 6.08 Å². The summed E-state index contributed by atoms with van der Waals surface area (Å²) >= 11 is 0. The second kappa shape index (κ2) is 6.15. The highest BCUT2D eigenvalue weighted by Crippen LogP contribution is 2.04. The van der Waals surface area contributed by atoms with Gasteiger partial charge >= 0.3 is 11.9 Å². The fourth-order valence-electron chi connectivity index (χ4n) is 0.851. The monoisotopic (exact) mass is 202 g/mol. The summed E-state index contributed by atoms with van der Waals surface area (Å²) in [6.07, 6.45) is 0.623. The van der Waals surface area contributed by atoms with Gasteiger partial charge in [0.2, 0.25) is 0 Å². The van der Waals surface area contributed by atoms with Crippen molar-refractivity contribution < 1.29 is 24.5 Å². The number of carboxylic acids is 1. The SMILES string of the molecule is CCC(OC(=O)/C=C/C(=O)O)C(C)O. The standard InChI is InChI=1S/C9H14O5/c1-3-7(6(2)10)14-9(13)5-4-8(11)12/h4-7,10H,3H2,1-2H3,(H,11,12)/b5-4+. The van der Waals surface area contributed by atoms with Crippen molar-refractivity contribution in [1.29, 1.82) is 0 Å². The molecule has 0 radical (unpaired) electrons. The van der Waals surface area contributed by atoms with Crippen molar-refractivity contribution in [3.63, 3.8) is 0 Å². The molecule has 0 amide bonds. The van der Waals surface area contributed by atoms with Crippen LogP contribution in [0, 0.1) is 0 Å². The van der Waals surface area contributed by atoms with Crippen molar-refractivity contribution >= 4 is 11.9 Å². The Hall–Kier alpha value is -1.36. The molecule has 2 N–H and O–H groups in total. The minimum atomic E-state index is -1.22. The quantitative estimate of drug-likeness (QED) is 0.495. The van der Waals surface area contributed by atoms with Crippen LogP contribution in [-0.2, 0) is 14.3 Å². The van der Waals surface area contributed by atoms with Crippen LogP contribution in [0.15, 0.2) is 12.2 Å². The van der Waals surface area contributed by atoms with Crippen LogP contribution in [-0.4, -0.2) is 34.4 Å². The van der Waals surface area contributed by atoms with E-state index in [9.17, 15) is 9.59 Å². The Morgan fingerprint density at radius 3 is 2.36 bits per heavy atom. The van der Waals surface area contributed by atoms with E-state index in [4.69, 9.17) is 14.9 Å². The van der Waals surface area contributed by atoms with E-state index >= 15 is 0 Å². The number of rotatable bonds is 5. The number of hydrogen-bond donors (Lipinski definition) is 2. The van der Waals surface area contributed by atoms with Gasteiger partial charge in [-0.25, -0.2) is 9.59 Å². The highest BCUT2D eigenvalue weighted by atomic mass is 16.6. The summed E-state index contributed by atoms with van der Waals surface area (Å²) < 4.78 is 4.77. The Morgan fingerprint density at radius 2 is 2.00 bits per heavy atom. The zero-order valence-electron chi connectivity index (χ0n) is 8.14. The van der Waals surface area contributed by atoms with Crippen LogP contribution >= 0.6 is 0 Å². The van der Waals surface area contributed by atoms with Crippen molar-refractivity contribution in [2.24, 2.45) is 0 Å². The van der Waals surface area contributed by atoms with Gasteiger partial charge in [-0.05, 0) is 13.3 Å². The molecule has 0 aromatic heterocycles. The highest BCUT2D eigenvalue weighted by molar-refractivity contribution is 5.90. The van der Waals surface area contributed by atoms with Crippen LogP contribution in [0.5, 0.6) is 0 Å². The van der Waals surface area contributed by atoms with Gasteiger partial charge in [-0.1, -0.05) is 6.92 Å². The summed E-state index contributed by atoms with van der Waals surface area (Å²) in [5, 5.41) is 17.3. The number of esters is 1. The minimum Gasteiger partial charge on any atom is -0.478 e. The molecule has 14 heavy (non-hydrogen) atoms. The third kappa shape index (κ3) is 5.31. The molecule has 0 fully saturated rings. The summed E-state index contributed by atoms with van der Waals surface area (Å²) in [6, 6.07) is 0. The number of carbonyl (C=O) groups is 2. The predicted octanol–water partition coefficient (Wildman–Crippen LogP) is 0.330. The molecule has 0 heterocycles. The van der Waals surface area contributed by atoms with Gasteiger partial charge in [-0.2, -0.15) is 0 Å². The third-order valence-corrected chi connectivity index (χ3v) is 1.57. The summed E-state index contributed by atoms with van der Waals surface area (Å²) in [7, 11) is 0. The van der Waals surface area contributed by atoms with Gasteiger partial charge in [0.1, 0.15) is 6.10 Å². The third-order valence-electron chi connectivity index (χ3n) is 1.57. The molecule has 0 bridgehead atoms. The lowest BCUT2D eigenvalue weighted by Gasteiger charge is -2.17. The van der Waals surface area contributed by atoms with E-state index in [1.54, 1.807) is 6.92 Å². The van der Waals surface area contributed by atoms with Crippen LogP contribution in [0.3, 0.4) is 0 Å². The molecule has 2 atom stereocenters. The number of carbonyl (C=O) groups excluding carboxylic acids is 1. The van der Waals surface area contributed by atoms with Crippen LogP contribution in [0.4, 0.5) is 0 Å². The molecule has 5 heteroatoms. The Bertz CT molecular complexity index is 231. The van der Waals surface area contributed by atoms with Crippen LogP contribution < -0.4 is 0 Å². The lowest BCUT2D eigenvalue weighted by molar-refractivity contribution is -0.148. The maximum atomic E-state index is 10.9. The number of aliphatic hydroxyl groups is 1. The molecule has 0 rings (SSSR count). The van der Waals surface area contributed by atoms with Gasteiger partial charge in [0, 0.05) is 12.2 Å². The van der Waals surface area contributed by atoms with Gasteiger partial charge in [0.25, 0.3) is 0 Å². The zero-order valence-corrected chi connectivity index (χ0v) is 8.14. The van der Waals surface area contributed by atoms with Crippen LogP contribution in [0.25, 0.3) is 0 Å². The van der Waals surface area contributed by atoms with Gasteiger partial charge in [-0.3, -0.25) is 0 Å². The summed E-state index contributed by atoms with van der Waals surface area (Å²) in [5.41, 5.74) is 0. The fraction of sp³-hybridized carbons (Fsp3) is 0.556. The van der Waals surface area contributed by atoms with E-state index in [1.165, 1.54) is 6.92 Å². The maximum Gasteiger partial charge on any atom is 0.331 e. The highest BCUT2D eigenvalue weighted by Gasteiger charge is 2.16. The maximum absolute atomic E-state index is 10.9. The summed E-state index contributed by atoms with van der Waals surface area (Å²) in [4.78, 5) is 21.0. The molecule has 0 spiro atoms. The Balaban J connectivity index is 4.10. The van der Waals surface area contributed by atoms with E-state index in [-0.39, 0.29) is 0 Å². The molecule has 0 aromatic carbocycles. The molecular weight excluding hydrogens is 188 g/mol. The first-order chi connectivity index (χ1) is 6.47. The molecule has 0 saturated heterocycles. The minimum absolute atomic E-state index is 0.477. The molecule has 5 nitrogen and oxygen atoms in total. The lowest BCUT2D eigenvalue weighted by Crippen LogP contribution is -2.27. The zero-order chi connectivity index (χ0) is 11.1. The van der Waals surface area contributed by atoms with Gasteiger partial charge in [-0.15, -0.1) is 0 Å². The van der Waals surface area contributed by atoms with Crippen molar-refractivity contribution in [3.05, 3.63) is 12.2 Å². The summed E-state index contributed by atoms with van der Waals surface area (Å²) in [5.74, 6) is -1.98. The lowest BCUT2D eigenvalue weighted by atomic mass is 10.2. The summed E-state index contributed by atoms with van der Waals surface area (Å²) in [6.45, 7) is 3.26. The molecule has 0 aliphatic carbocycles. The Labute approximate surface area is 82.0 Å². The average Bonchev–Trinajstić information content (AvgIpc) is 2.10. The van der Waals surface area contributed by atoms with Crippen molar-refractivity contribution in [2.45, 2.75) is 32.5 Å². The number of carboxylic acid groups (broad SMARTS) is 1. The number of aliphatic carboxylic acids is 1. The topological polar surface area (TPSA) is 83.8 Å². The molecular formula is C9H14O5. The second-order valence-electron chi connectivity index (χ2n) is 2.80. The predicted molar refractivity (Wildman–Crippen MR) is 48.6 cm³/mol. The van der Waals surface area contributed by atoms with Crippen molar-refractivity contribution in [3.8, 4) is 0 Å². The fourth-order valence-corrected chi connectivity index (χ4v) is 0.851. The largest absolute Gasteiger partial charge is 0.478 e. The van der Waals surface area contributed by atoms with Gasteiger partial charge < -0.3 is 14.9 Å². The van der Waals surface area contributed by atoms with E-state index < -0.39 is 24.1 Å².